The number of halogens is 2. The summed E-state index contributed by atoms with van der Waals surface area (Å²) in [6.45, 7) is 0. The van der Waals surface area contributed by atoms with E-state index in [1.54, 1.807) is 12.3 Å². The topological polar surface area (TPSA) is 48.7 Å². The second-order valence-corrected chi connectivity index (χ2v) is 4.78. The molecule has 0 aliphatic carbocycles. The highest BCUT2D eigenvalue weighted by Gasteiger charge is 2.08. The minimum Gasteiger partial charge on any atom is -0.338 e. The van der Waals surface area contributed by atoms with Gasteiger partial charge in [-0.25, -0.2) is 4.98 Å². The lowest BCUT2D eigenvalue weighted by molar-refractivity contribution is 1.29. The van der Waals surface area contributed by atoms with Gasteiger partial charge in [-0.2, -0.15) is 5.26 Å². The van der Waals surface area contributed by atoms with Crippen molar-refractivity contribution in [2.45, 2.75) is 0 Å². The van der Waals surface area contributed by atoms with Crippen molar-refractivity contribution >= 4 is 45.7 Å². The van der Waals surface area contributed by atoms with Crippen molar-refractivity contribution in [2.75, 3.05) is 5.32 Å². The third-order valence-electron chi connectivity index (χ3n) is 2.14. The first kappa shape index (κ1) is 12.1. The van der Waals surface area contributed by atoms with E-state index in [0.29, 0.717) is 16.4 Å². The SMILES string of the molecule is N#Cc1ccnc(Nc2ccccc2I)c1Cl. The van der Waals surface area contributed by atoms with Gasteiger partial charge < -0.3 is 5.32 Å². The first-order valence-electron chi connectivity index (χ1n) is 4.78. The molecule has 2 aromatic rings. The molecule has 0 saturated carbocycles. The molecule has 0 aliphatic heterocycles. The summed E-state index contributed by atoms with van der Waals surface area (Å²) in [5, 5.41) is 12.3. The summed E-state index contributed by atoms with van der Waals surface area (Å²) in [5.41, 5.74) is 1.33. The Balaban J connectivity index is 2.38. The van der Waals surface area contributed by atoms with E-state index < -0.39 is 0 Å². The van der Waals surface area contributed by atoms with E-state index in [1.807, 2.05) is 30.3 Å². The zero-order valence-corrected chi connectivity index (χ0v) is 11.5. The molecule has 84 valence electrons. The number of hydrogen-bond donors (Lipinski definition) is 1. The maximum atomic E-state index is 8.87. The van der Waals surface area contributed by atoms with E-state index in [1.165, 1.54) is 0 Å². The van der Waals surface area contributed by atoms with Gasteiger partial charge in [-0.05, 0) is 40.8 Å². The van der Waals surface area contributed by atoms with Gasteiger partial charge in [0.1, 0.15) is 11.1 Å². The van der Waals surface area contributed by atoms with Crippen LogP contribution in [0.2, 0.25) is 5.02 Å². The van der Waals surface area contributed by atoms with Crippen LogP contribution in [0.4, 0.5) is 11.5 Å². The summed E-state index contributed by atoms with van der Waals surface area (Å²) in [6.07, 6.45) is 1.56. The van der Waals surface area contributed by atoms with Crippen molar-refractivity contribution in [3.63, 3.8) is 0 Å². The van der Waals surface area contributed by atoms with Crippen LogP contribution in [0, 0.1) is 14.9 Å². The fraction of sp³-hybridized carbons (Fsp3) is 0. The van der Waals surface area contributed by atoms with Crippen molar-refractivity contribution in [3.05, 3.63) is 50.7 Å². The first-order chi connectivity index (χ1) is 8.22. The number of rotatable bonds is 2. The monoisotopic (exact) mass is 355 g/mol. The minimum atomic E-state index is 0.342. The van der Waals surface area contributed by atoms with Crippen LogP contribution in [0.3, 0.4) is 0 Å². The molecule has 0 unspecified atom stereocenters. The Morgan fingerprint density at radius 3 is 2.76 bits per heavy atom. The van der Waals surface area contributed by atoms with Crippen LogP contribution in [0.15, 0.2) is 36.5 Å². The third-order valence-corrected chi connectivity index (χ3v) is 3.46. The number of pyridine rings is 1. The number of anilines is 2. The number of nitriles is 1. The summed E-state index contributed by atoms with van der Waals surface area (Å²) in [7, 11) is 0. The van der Waals surface area contributed by atoms with Gasteiger partial charge in [0.25, 0.3) is 0 Å². The summed E-state index contributed by atoms with van der Waals surface area (Å²) < 4.78 is 1.06. The fourth-order valence-corrected chi connectivity index (χ4v) is 2.03. The van der Waals surface area contributed by atoms with Gasteiger partial charge >= 0.3 is 0 Å². The van der Waals surface area contributed by atoms with Crippen LogP contribution in [0.25, 0.3) is 0 Å². The van der Waals surface area contributed by atoms with Crippen LogP contribution >= 0.6 is 34.2 Å². The van der Waals surface area contributed by atoms with Gasteiger partial charge in [-0.3, -0.25) is 0 Å². The van der Waals surface area contributed by atoms with Crippen molar-refractivity contribution < 1.29 is 0 Å². The highest BCUT2D eigenvalue weighted by Crippen LogP contribution is 2.27. The van der Waals surface area contributed by atoms with Crippen LogP contribution in [-0.2, 0) is 0 Å². The van der Waals surface area contributed by atoms with E-state index in [-0.39, 0.29) is 0 Å². The van der Waals surface area contributed by atoms with Crippen molar-refractivity contribution in [2.24, 2.45) is 0 Å². The number of hydrogen-bond acceptors (Lipinski definition) is 3. The lowest BCUT2D eigenvalue weighted by Crippen LogP contribution is -1.97. The molecule has 1 aromatic carbocycles. The van der Waals surface area contributed by atoms with E-state index in [0.717, 1.165) is 9.26 Å². The van der Waals surface area contributed by atoms with Crippen LogP contribution in [-0.4, -0.2) is 4.98 Å². The van der Waals surface area contributed by atoms with E-state index in [2.05, 4.69) is 32.9 Å². The molecule has 0 spiro atoms. The second-order valence-electron chi connectivity index (χ2n) is 3.24. The minimum absolute atomic E-state index is 0.342. The first-order valence-corrected chi connectivity index (χ1v) is 6.24. The summed E-state index contributed by atoms with van der Waals surface area (Å²) >= 11 is 8.28. The number of aromatic nitrogens is 1. The zero-order valence-electron chi connectivity index (χ0n) is 8.61. The van der Waals surface area contributed by atoms with Crippen molar-refractivity contribution in [1.29, 1.82) is 5.26 Å². The third kappa shape index (κ3) is 2.68. The zero-order chi connectivity index (χ0) is 12.3. The Morgan fingerprint density at radius 1 is 1.29 bits per heavy atom. The number of para-hydroxylation sites is 1. The molecular formula is C12H7ClIN3. The van der Waals surface area contributed by atoms with Crippen LogP contribution < -0.4 is 5.32 Å². The van der Waals surface area contributed by atoms with Crippen molar-refractivity contribution in [1.82, 2.24) is 4.98 Å². The predicted molar refractivity (Wildman–Crippen MR) is 76.4 cm³/mol. The maximum absolute atomic E-state index is 8.87. The fourth-order valence-electron chi connectivity index (χ4n) is 1.31. The standard InChI is InChI=1S/C12H7ClIN3/c13-11-8(7-15)5-6-16-12(11)17-10-4-2-1-3-9(10)14/h1-6H,(H,16,17). The summed E-state index contributed by atoms with van der Waals surface area (Å²) in [5.74, 6) is 0.495. The average molecular weight is 356 g/mol. The number of nitrogens with one attached hydrogen (secondary N) is 1. The lowest BCUT2D eigenvalue weighted by atomic mass is 10.2. The maximum Gasteiger partial charge on any atom is 0.150 e. The van der Waals surface area contributed by atoms with E-state index >= 15 is 0 Å². The van der Waals surface area contributed by atoms with Gasteiger partial charge in [0.2, 0.25) is 0 Å². The molecule has 1 N–H and O–H groups in total. The quantitative estimate of drug-likeness (QED) is 0.830. The molecule has 0 radical (unpaired) electrons. The molecule has 2 rings (SSSR count). The number of nitrogens with zero attached hydrogens (tertiary/aromatic N) is 2. The van der Waals surface area contributed by atoms with Crippen LogP contribution in [0.5, 0.6) is 0 Å². The molecule has 1 aromatic heterocycles. The predicted octanol–water partition coefficient (Wildman–Crippen LogP) is 3.95. The summed E-state index contributed by atoms with van der Waals surface area (Å²) in [4.78, 5) is 4.13. The highest BCUT2D eigenvalue weighted by molar-refractivity contribution is 14.1. The Labute approximate surface area is 118 Å². The van der Waals surface area contributed by atoms with E-state index in [4.69, 9.17) is 16.9 Å². The van der Waals surface area contributed by atoms with Gasteiger partial charge in [0, 0.05) is 9.77 Å². The second kappa shape index (κ2) is 5.34. The Bertz CT molecular complexity index is 593. The molecule has 0 saturated heterocycles. The highest BCUT2D eigenvalue weighted by atomic mass is 127. The lowest BCUT2D eigenvalue weighted by Gasteiger charge is -2.09. The van der Waals surface area contributed by atoms with E-state index in [9.17, 15) is 0 Å². The molecule has 0 fully saturated rings. The molecule has 0 aliphatic rings. The average Bonchev–Trinajstić information content (AvgIpc) is 2.34. The van der Waals surface area contributed by atoms with Gasteiger partial charge in [-0.1, -0.05) is 23.7 Å². The normalized spacial score (nSPS) is 9.71. The molecule has 0 atom stereocenters. The molecular weight excluding hydrogens is 349 g/mol. The van der Waals surface area contributed by atoms with Crippen molar-refractivity contribution in [3.8, 4) is 6.07 Å². The Kier molecular flexibility index (Phi) is 3.82. The molecule has 0 bridgehead atoms. The molecule has 17 heavy (non-hydrogen) atoms. The number of benzene rings is 1. The Morgan fingerprint density at radius 2 is 2.06 bits per heavy atom. The van der Waals surface area contributed by atoms with Gasteiger partial charge in [0.15, 0.2) is 5.82 Å². The van der Waals surface area contributed by atoms with Gasteiger partial charge in [-0.15, -0.1) is 0 Å². The Hall–Kier alpha value is -1.32. The molecule has 5 heteroatoms. The molecule has 0 amide bonds. The molecule has 3 nitrogen and oxygen atoms in total. The summed E-state index contributed by atoms with van der Waals surface area (Å²) in [6, 6.07) is 11.4. The largest absolute Gasteiger partial charge is 0.338 e. The molecule has 1 heterocycles. The van der Waals surface area contributed by atoms with Crippen LogP contribution in [0.1, 0.15) is 5.56 Å². The smallest absolute Gasteiger partial charge is 0.150 e. The van der Waals surface area contributed by atoms with Gasteiger partial charge in [0.05, 0.1) is 11.3 Å².